The van der Waals surface area contributed by atoms with Gasteiger partial charge >= 0.3 is 0 Å². The number of benzene rings is 4. The molecule has 0 spiro atoms. The topological polar surface area (TPSA) is 80.9 Å². The highest BCUT2D eigenvalue weighted by atomic mass is 16.3. The second-order valence-electron chi connectivity index (χ2n) is 7.25. The molecule has 0 bridgehead atoms. The molecular formula is C25H18O4. The maximum atomic E-state index is 10.6. The van der Waals surface area contributed by atoms with Gasteiger partial charge in [-0.25, -0.2) is 0 Å². The van der Waals surface area contributed by atoms with Crippen molar-refractivity contribution in [2.45, 2.75) is 6.42 Å². The Morgan fingerprint density at radius 3 is 1.90 bits per heavy atom. The van der Waals surface area contributed by atoms with E-state index in [1.807, 2.05) is 24.3 Å². The minimum Gasteiger partial charge on any atom is -0.508 e. The number of phenols is 4. The lowest BCUT2D eigenvalue weighted by atomic mass is 9.87. The third-order valence-electron chi connectivity index (χ3n) is 5.51. The van der Waals surface area contributed by atoms with Gasteiger partial charge in [0.1, 0.15) is 23.0 Å². The molecule has 0 aromatic heterocycles. The van der Waals surface area contributed by atoms with Gasteiger partial charge in [-0.05, 0) is 76.2 Å². The largest absolute Gasteiger partial charge is 0.508 e. The summed E-state index contributed by atoms with van der Waals surface area (Å²) in [5, 5.41) is 41.2. The highest BCUT2D eigenvalue weighted by Crippen LogP contribution is 2.49. The molecule has 0 amide bonds. The van der Waals surface area contributed by atoms with E-state index in [0.717, 1.165) is 22.3 Å². The lowest BCUT2D eigenvalue weighted by molar-refractivity contribution is 0.461. The Kier molecular flexibility index (Phi) is 3.74. The number of rotatable bonds is 2. The molecule has 142 valence electrons. The maximum Gasteiger partial charge on any atom is 0.123 e. The molecule has 0 fully saturated rings. The van der Waals surface area contributed by atoms with E-state index in [4.69, 9.17) is 0 Å². The van der Waals surface area contributed by atoms with Crippen molar-refractivity contribution in [3.63, 3.8) is 0 Å². The molecule has 29 heavy (non-hydrogen) atoms. The molecule has 4 nitrogen and oxygen atoms in total. The van der Waals surface area contributed by atoms with E-state index < -0.39 is 0 Å². The van der Waals surface area contributed by atoms with Gasteiger partial charge in [-0.15, -0.1) is 0 Å². The first-order valence-electron chi connectivity index (χ1n) is 9.32. The summed E-state index contributed by atoms with van der Waals surface area (Å²) in [5.74, 6) is 0.136. The summed E-state index contributed by atoms with van der Waals surface area (Å²) in [5.41, 5.74) is 6.72. The van der Waals surface area contributed by atoms with Crippen LogP contribution in [0.3, 0.4) is 0 Å². The van der Waals surface area contributed by atoms with Gasteiger partial charge in [0.2, 0.25) is 0 Å². The average molecular weight is 382 g/mol. The fourth-order valence-corrected chi connectivity index (χ4v) is 4.21. The summed E-state index contributed by atoms with van der Waals surface area (Å²) >= 11 is 0. The quantitative estimate of drug-likeness (QED) is 0.308. The van der Waals surface area contributed by atoms with Crippen molar-refractivity contribution in [1.29, 1.82) is 0 Å². The molecule has 0 heterocycles. The van der Waals surface area contributed by atoms with Crippen LogP contribution in [-0.2, 0) is 6.42 Å². The van der Waals surface area contributed by atoms with Crippen LogP contribution in [0.1, 0.15) is 11.1 Å². The third-order valence-corrected chi connectivity index (χ3v) is 5.51. The molecule has 0 unspecified atom stereocenters. The van der Waals surface area contributed by atoms with Crippen molar-refractivity contribution in [2.75, 3.05) is 0 Å². The minimum atomic E-state index is 0.0270. The molecule has 4 N–H and O–H groups in total. The standard InChI is InChI=1S/C25H18O4/c26-15-5-9-23(28)20(12-15)19-8-7-18-17-4-2-1-3-14(17)11-21(18)25(19)22-13-16(27)6-10-24(22)29/h1-10,12-13,26-29H,11H2. The lowest BCUT2D eigenvalue weighted by Gasteiger charge is -2.18. The van der Waals surface area contributed by atoms with Crippen LogP contribution in [-0.4, -0.2) is 20.4 Å². The Labute approximate surface area is 167 Å². The van der Waals surface area contributed by atoms with Crippen LogP contribution in [0.4, 0.5) is 0 Å². The van der Waals surface area contributed by atoms with Crippen LogP contribution < -0.4 is 0 Å². The molecule has 0 saturated carbocycles. The van der Waals surface area contributed by atoms with E-state index in [1.165, 1.54) is 42.0 Å². The molecule has 0 saturated heterocycles. The number of aromatic hydroxyl groups is 4. The van der Waals surface area contributed by atoms with Gasteiger partial charge in [0.05, 0.1) is 0 Å². The lowest BCUT2D eigenvalue weighted by Crippen LogP contribution is -1.94. The smallest absolute Gasteiger partial charge is 0.123 e. The van der Waals surface area contributed by atoms with Crippen molar-refractivity contribution in [1.82, 2.24) is 0 Å². The molecule has 5 rings (SSSR count). The summed E-state index contributed by atoms with van der Waals surface area (Å²) in [4.78, 5) is 0. The Hall–Kier alpha value is -3.92. The molecule has 0 atom stereocenters. The maximum absolute atomic E-state index is 10.6. The summed E-state index contributed by atoms with van der Waals surface area (Å²) in [6.45, 7) is 0. The first kappa shape index (κ1) is 17.2. The number of hydrogen-bond acceptors (Lipinski definition) is 4. The van der Waals surface area contributed by atoms with E-state index in [1.54, 1.807) is 0 Å². The van der Waals surface area contributed by atoms with Crippen molar-refractivity contribution >= 4 is 0 Å². The molecule has 0 radical (unpaired) electrons. The Morgan fingerprint density at radius 2 is 1.14 bits per heavy atom. The zero-order valence-corrected chi connectivity index (χ0v) is 15.4. The predicted octanol–water partition coefficient (Wildman–Crippen LogP) is 5.41. The molecule has 4 aromatic rings. The molecule has 1 aliphatic carbocycles. The van der Waals surface area contributed by atoms with Gasteiger partial charge in [-0.1, -0.05) is 36.4 Å². The van der Waals surface area contributed by atoms with Gasteiger partial charge in [0.25, 0.3) is 0 Å². The van der Waals surface area contributed by atoms with Crippen LogP contribution >= 0.6 is 0 Å². The first-order valence-corrected chi connectivity index (χ1v) is 9.32. The van der Waals surface area contributed by atoms with E-state index in [2.05, 4.69) is 12.1 Å². The summed E-state index contributed by atoms with van der Waals surface area (Å²) in [6.07, 6.45) is 0.670. The Morgan fingerprint density at radius 1 is 0.517 bits per heavy atom. The van der Waals surface area contributed by atoms with Gasteiger partial charge in [-0.3, -0.25) is 0 Å². The highest BCUT2D eigenvalue weighted by molar-refractivity contribution is 5.96. The highest BCUT2D eigenvalue weighted by Gasteiger charge is 2.26. The fourth-order valence-electron chi connectivity index (χ4n) is 4.21. The summed E-state index contributed by atoms with van der Waals surface area (Å²) in [6, 6.07) is 20.8. The summed E-state index contributed by atoms with van der Waals surface area (Å²) in [7, 11) is 0. The van der Waals surface area contributed by atoms with Crippen molar-refractivity contribution in [3.05, 3.63) is 83.9 Å². The van der Waals surface area contributed by atoms with Crippen LogP contribution in [0.15, 0.2) is 72.8 Å². The van der Waals surface area contributed by atoms with Crippen molar-refractivity contribution in [2.24, 2.45) is 0 Å². The molecule has 1 aliphatic rings. The monoisotopic (exact) mass is 382 g/mol. The fraction of sp³-hybridized carbons (Fsp3) is 0.0400. The van der Waals surface area contributed by atoms with E-state index in [9.17, 15) is 20.4 Å². The second kappa shape index (κ2) is 6.31. The van der Waals surface area contributed by atoms with Crippen LogP contribution in [0.25, 0.3) is 33.4 Å². The van der Waals surface area contributed by atoms with Crippen LogP contribution in [0.2, 0.25) is 0 Å². The first-order chi connectivity index (χ1) is 14.0. The molecular weight excluding hydrogens is 364 g/mol. The van der Waals surface area contributed by atoms with Crippen LogP contribution in [0.5, 0.6) is 23.0 Å². The number of hydrogen-bond donors (Lipinski definition) is 4. The van der Waals surface area contributed by atoms with Crippen molar-refractivity contribution in [3.8, 4) is 56.4 Å². The van der Waals surface area contributed by atoms with Crippen LogP contribution in [0, 0.1) is 0 Å². The van der Waals surface area contributed by atoms with E-state index in [-0.39, 0.29) is 23.0 Å². The average Bonchev–Trinajstić information content (AvgIpc) is 3.10. The SMILES string of the molecule is Oc1ccc(O)c(-c2ccc3c(c2-c2cc(O)ccc2O)Cc2ccccc2-3)c1. The Bertz CT molecular complexity index is 1270. The number of phenolic OH excluding ortho intramolecular Hbond substituents is 4. The van der Waals surface area contributed by atoms with E-state index >= 15 is 0 Å². The Balaban J connectivity index is 1.87. The summed E-state index contributed by atoms with van der Waals surface area (Å²) < 4.78 is 0. The van der Waals surface area contributed by atoms with Gasteiger partial charge in [0, 0.05) is 11.1 Å². The predicted molar refractivity (Wildman–Crippen MR) is 112 cm³/mol. The van der Waals surface area contributed by atoms with Gasteiger partial charge in [-0.2, -0.15) is 0 Å². The normalized spacial score (nSPS) is 11.9. The number of fused-ring (bicyclic) bond motifs is 3. The second-order valence-corrected chi connectivity index (χ2v) is 7.25. The van der Waals surface area contributed by atoms with Gasteiger partial charge < -0.3 is 20.4 Å². The molecule has 0 aliphatic heterocycles. The molecule has 4 heteroatoms. The van der Waals surface area contributed by atoms with Crippen molar-refractivity contribution < 1.29 is 20.4 Å². The zero-order valence-electron chi connectivity index (χ0n) is 15.4. The third kappa shape index (κ3) is 2.69. The van der Waals surface area contributed by atoms with Gasteiger partial charge in [0.15, 0.2) is 0 Å². The minimum absolute atomic E-state index is 0.0270. The molecule has 4 aromatic carbocycles. The zero-order chi connectivity index (χ0) is 20.1. The van der Waals surface area contributed by atoms with E-state index in [0.29, 0.717) is 23.1 Å².